The zero-order chi connectivity index (χ0) is 45.2. The quantitative estimate of drug-likeness (QED) is 0.0919. The van der Waals surface area contributed by atoms with E-state index in [4.69, 9.17) is 30.9 Å². The maximum absolute atomic E-state index is 14.4. The Balaban J connectivity index is 1.16. The van der Waals surface area contributed by atoms with Gasteiger partial charge in [0.15, 0.2) is 23.8 Å². The highest BCUT2D eigenvalue weighted by Crippen LogP contribution is 2.38. The second-order valence-corrected chi connectivity index (χ2v) is 17.2. The minimum atomic E-state index is -2.61. The Labute approximate surface area is 376 Å². The number of esters is 2. The number of nitrogens with zero attached hydrogens (tertiary/aromatic N) is 4. The van der Waals surface area contributed by atoms with Crippen molar-refractivity contribution in [1.82, 2.24) is 0 Å². The normalized spacial score (nSPS) is 20.2. The van der Waals surface area contributed by atoms with Crippen molar-refractivity contribution in [1.29, 1.82) is 0 Å². The van der Waals surface area contributed by atoms with Crippen molar-refractivity contribution < 1.29 is 38.9 Å². The number of thiophene rings is 2. The number of benzene rings is 4. The highest BCUT2D eigenvalue weighted by molar-refractivity contribution is 7.12. The first-order chi connectivity index (χ1) is 30.9. The molecule has 16 heteroatoms. The van der Waals surface area contributed by atoms with Crippen LogP contribution in [0.4, 0.5) is 11.4 Å². The number of aliphatic hydroxyl groups excluding tert-OH is 2. The Morgan fingerprint density at radius 1 is 0.562 bits per heavy atom. The number of nitrogens with two attached hydrogens (primary N) is 2. The lowest BCUT2D eigenvalue weighted by Gasteiger charge is -2.44. The lowest BCUT2D eigenvalue weighted by molar-refractivity contribution is -0.189. The second-order valence-electron chi connectivity index (χ2n) is 15.3. The van der Waals surface area contributed by atoms with Crippen molar-refractivity contribution in [2.24, 2.45) is 21.5 Å². The summed E-state index contributed by atoms with van der Waals surface area (Å²) in [5, 5.41) is 26.7. The molecule has 0 saturated heterocycles. The predicted octanol–water partition coefficient (Wildman–Crippen LogP) is 4.71. The number of aliphatic imine (C=N–C) groups is 2. The van der Waals surface area contributed by atoms with Gasteiger partial charge in [-0.25, -0.2) is 9.59 Å². The number of benzodiazepines with no additional fused rings is 2. The van der Waals surface area contributed by atoms with Crippen LogP contribution in [0.25, 0.3) is 0 Å². The fourth-order valence-electron chi connectivity index (χ4n) is 8.02. The van der Waals surface area contributed by atoms with Gasteiger partial charge < -0.3 is 41.0 Å². The van der Waals surface area contributed by atoms with Gasteiger partial charge in [-0.15, -0.1) is 22.7 Å². The number of aliphatic hydroxyl groups is 2. The number of para-hydroxylation sites is 2. The van der Waals surface area contributed by atoms with E-state index in [1.54, 1.807) is 73.4 Å². The lowest BCUT2D eigenvalue weighted by atomic mass is 9.95. The number of likely N-dealkylation sites (N-methyl/N-ethyl adjacent to an activating group) is 2. The number of hydrogen-bond acceptors (Lipinski definition) is 16. The first kappa shape index (κ1) is 44.0. The van der Waals surface area contributed by atoms with Gasteiger partial charge in [-0.3, -0.25) is 19.6 Å². The first-order valence-electron chi connectivity index (χ1n) is 20.2. The largest absolute Gasteiger partial charge is 0.433 e. The van der Waals surface area contributed by atoms with Crippen LogP contribution in [-0.4, -0.2) is 108 Å². The van der Waals surface area contributed by atoms with E-state index in [2.05, 4.69) is 0 Å². The van der Waals surface area contributed by atoms with E-state index >= 15 is 0 Å². The average Bonchev–Trinajstić information content (AvgIpc) is 4.05. The molecule has 0 spiro atoms. The maximum atomic E-state index is 14.4. The average molecular weight is 897 g/mol. The van der Waals surface area contributed by atoms with E-state index in [0.717, 1.165) is 33.8 Å². The van der Waals surface area contributed by atoms with Gasteiger partial charge in [0.05, 0.1) is 21.2 Å². The molecule has 0 fully saturated rings. The molecule has 0 aliphatic carbocycles. The molecular weight excluding hydrogens is 853 g/mol. The molecule has 2 aromatic heterocycles. The summed E-state index contributed by atoms with van der Waals surface area (Å²) in [7, 11) is 3.15. The fraction of sp³-hybridized carbons (Fsp3) is 0.208. The SMILES string of the molecule is CN1c2ccccc2C(c2ccccc2)=NCC1(OC(=O)C(O)C(O)C(=O)OC1(C(N)C(=O)c2cccs2)CN=C(c2ccccc2)c2ccccc2N1C)C(N)C(=O)c1cccs1. The minimum Gasteiger partial charge on any atom is -0.433 e. The first-order valence-corrected chi connectivity index (χ1v) is 22.0. The number of Topliss-reactive ketones (excluding diaryl/α,β-unsaturated/α-hetero) is 2. The summed E-state index contributed by atoms with van der Waals surface area (Å²) in [5.74, 6) is -4.20. The summed E-state index contributed by atoms with van der Waals surface area (Å²) in [6.07, 6.45) is -5.21. The molecule has 64 heavy (non-hydrogen) atoms. The van der Waals surface area contributed by atoms with Crippen molar-refractivity contribution in [2.45, 2.75) is 35.7 Å². The number of ketones is 2. The van der Waals surface area contributed by atoms with Crippen LogP contribution < -0.4 is 21.3 Å². The van der Waals surface area contributed by atoms with Gasteiger partial charge in [-0.2, -0.15) is 0 Å². The third-order valence-corrected chi connectivity index (χ3v) is 13.4. The van der Waals surface area contributed by atoms with Gasteiger partial charge in [0.1, 0.15) is 25.2 Å². The number of anilines is 2. The van der Waals surface area contributed by atoms with E-state index in [0.29, 0.717) is 33.9 Å². The van der Waals surface area contributed by atoms with E-state index in [1.165, 1.54) is 9.80 Å². The van der Waals surface area contributed by atoms with Gasteiger partial charge in [-0.1, -0.05) is 109 Å². The fourth-order valence-corrected chi connectivity index (χ4v) is 9.42. The summed E-state index contributed by atoms with van der Waals surface area (Å²) in [6.45, 7) is -0.817. The Morgan fingerprint density at radius 2 is 0.922 bits per heavy atom. The second kappa shape index (κ2) is 18.2. The molecule has 2 aliphatic heterocycles. The van der Waals surface area contributed by atoms with Crippen molar-refractivity contribution in [2.75, 3.05) is 37.0 Å². The summed E-state index contributed by atoms with van der Waals surface area (Å²) < 4.78 is 12.3. The lowest BCUT2D eigenvalue weighted by Crippen LogP contribution is -2.68. The van der Waals surface area contributed by atoms with Crippen molar-refractivity contribution >= 4 is 69.0 Å². The Kier molecular flexibility index (Phi) is 12.5. The number of rotatable bonds is 13. The number of fused-ring (bicyclic) bond motifs is 2. The number of hydrogen-bond donors (Lipinski definition) is 4. The summed E-state index contributed by atoms with van der Waals surface area (Å²) in [6, 6.07) is 36.2. The molecule has 0 saturated carbocycles. The smallest absolute Gasteiger partial charge is 0.340 e. The maximum Gasteiger partial charge on any atom is 0.340 e. The van der Waals surface area contributed by atoms with Gasteiger partial charge in [0.25, 0.3) is 0 Å². The molecule has 0 bridgehead atoms. The number of carbonyl (C=O) groups excluding carboxylic acids is 4. The molecule has 6 unspecified atom stereocenters. The molecule has 2 aliphatic rings. The molecular formula is C48H44N6O8S2. The standard InChI is InChI=1S/C48H44N6O8S2/c1-53-33-21-11-9-19-31(33)37(29-15-5-3-6-16-29)51-27-47(53,43(49)39(55)35-23-13-25-63-35)61-45(59)41(57)42(58)46(60)62-48(44(50)40(56)36-24-14-26-64-36)28-52-38(30-17-7-4-8-18-30)32-20-10-12-22-34(32)54(48)2/h3-26,41-44,57-58H,27-28,49-50H2,1-2H3. The molecule has 0 radical (unpaired) electrons. The van der Waals surface area contributed by atoms with Gasteiger partial charge in [0, 0.05) is 47.7 Å². The van der Waals surface area contributed by atoms with E-state index in [1.807, 2.05) is 84.9 Å². The minimum absolute atomic E-state index is 0.274. The Hall–Kier alpha value is -6.66. The van der Waals surface area contributed by atoms with Crippen molar-refractivity contribution in [3.05, 3.63) is 176 Å². The topological polar surface area (TPSA) is 210 Å². The predicted molar refractivity (Wildman–Crippen MR) is 246 cm³/mol. The van der Waals surface area contributed by atoms with Gasteiger partial charge >= 0.3 is 11.9 Å². The van der Waals surface area contributed by atoms with Crippen LogP contribution in [0.3, 0.4) is 0 Å². The van der Waals surface area contributed by atoms with E-state index in [-0.39, 0.29) is 9.75 Å². The van der Waals surface area contributed by atoms with Crippen LogP contribution in [0.5, 0.6) is 0 Å². The molecule has 6 aromatic rings. The zero-order valence-corrected chi connectivity index (χ0v) is 36.3. The molecule has 4 aromatic carbocycles. The molecule has 6 atom stereocenters. The summed E-state index contributed by atoms with van der Waals surface area (Å²) in [5.41, 5.74) is 14.2. The number of carbonyl (C=O) groups is 4. The van der Waals surface area contributed by atoms with Crippen LogP contribution in [0, 0.1) is 0 Å². The van der Waals surface area contributed by atoms with E-state index < -0.39 is 72.3 Å². The summed E-state index contributed by atoms with van der Waals surface area (Å²) in [4.78, 5) is 70.3. The third kappa shape index (κ3) is 7.95. The zero-order valence-electron chi connectivity index (χ0n) is 34.7. The third-order valence-electron chi connectivity index (χ3n) is 11.6. The Morgan fingerprint density at radius 3 is 1.28 bits per heavy atom. The van der Waals surface area contributed by atoms with Crippen molar-refractivity contribution in [3.63, 3.8) is 0 Å². The van der Waals surface area contributed by atoms with E-state index in [9.17, 15) is 29.4 Å². The number of ether oxygens (including phenoxy) is 2. The highest BCUT2D eigenvalue weighted by Gasteiger charge is 2.55. The molecule has 14 nitrogen and oxygen atoms in total. The molecule has 0 amide bonds. The van der Waals surface area contributed by atoms with Crippen LogP contribution in [0.15, 0.2) is 154 Å². The van der Waals surface area contributed by atoms with Gasteiger partial charge in [-0.05, 0) is 35.0 Å². The highest BCUT2D eigenvalue weighted by atomic mass is 32.1. The van der Waals surface area contributed by atoms with Gasteiger partial charge in [0.2, 0.25) is 11.4 Å². The Bertz CT molecular complexity index is 2550. The monoisotopic (exact) mass is 896 g/mol. The van der Waals surface area contributed by atoms with Crippen LogP contribution >= 0.6 is 22.7 Å². The van der Waals surface area contributed by atoms with Crippen LogP contribution in [0.1, 0.15) is 41.6 Å². The van der Waals surface area contributed by atoms with Crippen LogP contribution in [-0.2, 0) is 19.1 Å². The van der Waals surface area contributed by atoms with Crippen molar-refractivity contribution in [3.8, 4) is 0 Å². The molecule has 6 N–H and O–H groups in total. The summed E-state index contributed by atoms with van der Waals surface area (Å²) >= 11 is 2.28. The molecule has 4 heterocycles. The molecule has 8 rings (SSSR count). The molecule has 326 valence electrons. The van der Waals surface area contributed by atoms with Crippen LogP contribution in [0.2, 0.25) is 0 Å².